The van der Waals surface area contributed by atoms with Crippen LogP contribution in [0.15, 0.2) is 21.3 Å². The van der Waals surface area contributed by atoms with Crippen LogP contribution in [0.2, 0.25) is 0 Å². The molecule has 2 aromatic rings. The maximum atomic E-state index is 12.7. The lowest BCUT2D eigenvalue weighted by molar-refractivity contribution is -0.148. The maximum absolute atomic E-state index is 12.7. The van der Waals surface area contributed by atoms with Crippen LogP contribution in [0.3, 0.4) is 0 Å². The number of likely N-dealkylation sites (tertiary alicyclic amines) is 1. The van der Waals surface area contributed by atoms with Crippen molar-refractivity contribution in [2.75, 3.05) is 20.8 Å². The van der Waals surface area contributed by atoms with Crippen LogP contribution in [0.5, 0.6) is 11.5 Å². The number of hydrogen-bond donors (Lipinski definition) is 1. The molecular formula is C19H21NO7. The van der Waals surface area contributed by atoms with Crippen LogP contribution in [0, 0.1) is 6.92 Å². The summed E-state index contributed by atoms with van der Waals surface area (Å²) in [5.41, 5.74) is 0.441. The zero-order valence-corrected chi connectivity index (χ0v) is 15.4. The molecule has 3 rings (SSSR count). The summed E-state index contributed by atoms with van der Waals surface area (Å²) in [5.74, 6) is -0.491. The number of carbonyl (C=O) groups is 2. The summed E-state index contributed by atoms with van der Waals surface area (Å²) in [5, 5.41) is 9.84. The number of rotatable bonds is 5. The van der Waals surface area contributed by atoms with Crippen molar-refractivity contribution < 1.29 is 28.6 Å². The van der Waals surface area contributed by atoms with Crippen LogP contribution in [0.4, 0.5) is 0 Å². The summed E-state index contributed by atoms with van der Waals surface area (Å²) in [7, 11) is 2.98. The lowest BCUT2D eigenvalue weighted by Crippen LogP contribution is -2.41. The Hall–Kier alpha value is -3.03. The number of benzene rings is 1. The quantitative estimate of drug-likeness (QED) is 0.793. The molecule has 0 unspecified atom stereocenters. The van der Waals surface area contributed by atoms with E-state index in [9.17, 15) is 19.5 Å². The number of carbonyl (C=O) groups excluding carboxylic acids is 1. The molecule has 1 N–H and O–H groups in total. The molecule has 0 saturated carbocycles. The van der Waals surface area contributed by atoms with Gasteiger partial charge in [0.2, 0.25) is 5.91 Å². The van der Waals surface area contributed by atoms with Gasteiger partial charge in [-0.3, -0.25) is 4.79 Å². The number of aryl methyl sites for hydroxylation is 1. The van der Waals surface area contributed by atoms with Gasteiger partial charge in [-0.15, -0.1) is 0 Å². The molecule has 0 spiro atoms. The topological polar surface area (TPSA) is 106 Å². The van der Waals surface area contributed by atoms with Crippen molar-refractivity contribution in [3.63, 3.8) is 0 Å². The number of nitrogens with zero attached hydrogens (tertiary/aromatic N) is 1. The lowest BCUT2D eigenvalue weighted by atomic mass is 10.0. The molecule has 144 valence electrons. The fraction of sp³-hybridized carbons (Fsp3) is 0.421. The Morgan fingerprint density at radius 1 is 1.30 bits per heavy atom. The van der Waals surface area contributed by atoms with Gasteiger partial charge in [-0.1, -0.05) is 0 Å². The molecule has 1 atom stereocenters. The van der Waals surface area contributed by atoms with Gasteiger partial charge in [0, 0.05) is 18.7 Å². The first-order valence-electron chi connectivity index (χ1n) is 8.58. The highest BCUT2D eigenvalue weighted by molar-refractivity contribution is 5.91. The van der Waals surface area contributed by atoms with Crippen molar-refractivity contribution in [1.82, 2.24) is 4.90 Å². The molecule has 0 bridgehead atoms. The van der Waals surface area contributed by atoms with Gasteiger partial charge in [-0.05, 0) is 25.3 Å². The van der Waals surface area contributed by atoms with Gasteiger partial charge in [-0.2, -0.15) is 0 Å². The van der Waals surface area contributed by atoms with E-state index in [-0.39, 0.29) is 12.0 Å². The fourth-order valence-corrected chi connectivity index (χ4v) is 3.54. The van der Waals surface area contributed by atoms with Gasteiger partial charge in [-0.25, -0.2) is 9.59 Å². The van der Waals surface area contributed by atoms with E-state index < -0.39 is 23.5 Å². The van der Waals surface area contributed by atoms with Gasteiger partial charge in [0.25, 0.3) is 0 Å². The molecule has 1 aromatic carbocycles. The number of carboxylic acid groups (broad SMARTS) is 1. The largest absolute Gasteiger partial charge is 0.496 e. The zero-order valence-electron chi connectivity index (χ0n) is 15.4. The van der Waals surface area contributed by atoms with E-state index in [2.05, 4.69) is 0 Å². The molecule has 27 heavy (non-hydrogen) atoms. The van der Waals surface area contributed by atoms with Crippen molar-refractivity contribution in [1.29, 1.82) is 0 Å². The molecule has 1 aliphatic rings. The second-order valence-corrected chi connectivity index (χ2v) is 6.46. The Kier molecular flexibility index (Phi) is 5.07. The lowest BCUT2D eigenvalue weighted by Gasteiger charge is -2.21. The third kappa shape index (κ3) is 3.34. The predicted molar refractivity (Wildman–Crippen MR) is 96.4 cm³/mol. The van der Waals surface area contributed by atoms with Crippen molar-refractivity contribution in [3.05, 3.63) is 33.7 Å². The summed E-state index contributed by atoms with van der Waals surface area (Å²) in [6.07, 6.45) is 0.824. The minimum atomic E-state index is -1.03. The Bertz CT molecular complexity index is 963. The number of carboxylic acids is 1. The highest BCUT2D eigenvalue weighted by atomic mass is 16.5. The van der Waals surface area contributed by atoms with Crippen molar-refractivity contribution in [2.24, 2.45) is 0 Å². The Balaban J connectivity index is 2.03. The van der Waals surface area contributed by atoms with Gasteiger partial charge in [0.15, 0.2) is 0 Å². The molecule has 0 aliphatic carbocycles. The second kappa shape index (κ2) is 7.30. The number of hydrogen-bond acceptors (Lipinski definition) is 6. The SMILES string of the molecule is COc1cc(OC)c2c(C)c(CC(=O)N3CCC[C@H]3C(=O)O)c(=O)oc2c1. The minimum absolute atomic E-state index is 0.201. The fourth-order valence-electron chi connectivity index (χ4n) is 3.54. The van der Waals surface area contributed by atoms with E-state index in [0.29, 0.717) is 47.4 Å². The van der Waals surface area contributed by atoms with E-state index in [4.69, 9.17) is 13.9 Å². The first-order valence-corrected chi connectivity index (χ1v) is 8.58. The number of fused-ring (bicyclic) bond motifs is 1. The molecule has 1 fully saturated rings. The van der Waals surface area contributed by atoms with Crippen LogP contribution in [0.1, 0.15) is 24.0 Å². The smallest absolute Gasteiger partial charge is 0.340 e. The van der Waals surface area contributed by atoms with E-state index >= 15 is 0 Å². The van der Waals surface area contributed by atoms with E-state index in [1.54, 1.807) is 19.1 Å². The predicted octanol–water partition coefficient (Wildman–Crippen LogP) is 1.74. The number of aliphatic carboxylic acids is 1. The molecule has 1 aliphatic heterocycles. The molecule has 1 aromatic heterocycles. The Morgan fingerprint density at radius 3 is 2.67 bits per heavy atom. The van der Waals surface area contributed by atoms with Gasteiger partial charge in [0.05, 0.1) is 31.6 Å². The van der Waals surface area contributed by atoms with Crippen molar-refractivity contribution in [2.45, 2.75) is 32.2 Å². The third-order valence-electron chi connectivity index (χ3n) is 4.96. The molecule has 8 nitrogen and oxygen atoms in total. The minimum Gasteiger partial charge on any atom is -0.496 e. The number of ether oxygens (including phenoxy) is 2. The summed E-state index contributed by atoms with van der Waals surface area (Å²) in [4.78, 5) is 37.8. The highest BCUT2D eigenvalue weighted by Gasteiger charge is 2.34. The zero-order chi connectivity index (χ0) is 19.7. The molecule has 1 saturated heterocycles. The van der Waals surface area contributed by atoms with E-state index in [1.165, 1.54) is 19.1 Å². The summed E-state index contributed by atoms with van der Waals surface area (Å²) >= 11 is 0. The summed E-state index contributed by atoms with van der Waals surface area (Å²) < 4.78 is 16.0. The monoisotopic (exact) mass is 375 g/mol. The van der Waals surface area contributed by atoms with Crippen LogP contribution in [-0.4, -0.2) is 48.7 Å². The summed E-state index contributed by atoms with van der Waals surface area (Å²) in [6.45, 7) is 2.09. The third-order valence-corrected chi connectivity index (χ3v) is 4.96. The summed E-state index contributed by atoms with van der Waals surface area (Å²) in [6, 6.07) is 2.41. The second-order valence-electron chi connectivity index (χ2n) is 6.46. The van der Waals surface area contributed by atoms with E-state index in [1.807, 2.05) is 0 Å². The molecule has 8 heteroatoms. The average Bonchev–Trinajstić information content (AvgIpc) is 3.14. The Morgan fingerprint density at radius 2 is 2.04 bits per heavy atom. The van der Waals surface area contributed by atoms with Crippen LogP contribution >= 0.6 is 0 Å². The molecule has 1 amide bonds. The van der Waals surface area contributed by atoms with Crippen LogP contribution in [0.25, 0.3) is 11.0 Å². The van der Waals surface area contributed by atoms with Crippen molar-refractivity contribution in [3.8, 4) is 11.5 Å². The first-order chi connectivity index (χ1) is 12.9. The number of methoxy groups -OCH3 is 2. The van der Waals surface area contributed by atoms with Gasteiger partial charge < -0.3 is 23.9 Å². The molecule has 0 radical (unpaired) electrons. The Labute approximate surface area is 155 Å². The van der Waals surface area contributed by atoms with E-state index in [0.717, 1.165) is 0 Å². The number of amides is 1. The molecular weight excluding hydrogens is 354 g/mol. The normalized spacial score (nSPS) is 16.6. The van der Waals surface area contributed by atoms with Gasteiger partial charge >= 0.3 is 11.6 Å². The standard InChI is InChI=1S/C19H21NO7/c1-10-12(9-16(21)20-6-4-5-13(20)18(22)23)19(24)27-15-8-11(25-2)7-14(26-3)17(10)15/h7-8,13H,4-6,9H2,1-3H3,(H,22,23)/t13-/m0/s1. The van der Waals surface area contributed by atoms with Crippen LogP contribution < -0.4 is 15.1 Å². The molecule has 2 heterocycles. The van der Waals surface area contributed by atoms with Gasteiger partial charge in [0.1, 0.15) is 23.1 Å². The average molecular weight is 375 g/mol. The highest BCUT2D eigenvalue weighted by Crippen LogP contribution is 2.34. The first kappa shape index (κ1) is 18.8. The van der Waals surface area contributed by atoms with Crippen LogP contribution in [-0.2, 0) is 16.0 Å². The van der Waals surface area contributed by atoms with Crippen molar-refractivity contribution >= 4 is 22.8 Å². The maximum Gasteiger partial charge on any atom is 0.340 e.